The summed E-state index contributed by atoms with van der Waals surface area (Å²) in [5.74, 6) is -1.66. The van der Waals surface area contributed by atoms with Crippen LogP contribution in [-0.2, 0) is 90.5 Å². The summed E-state index contributed by atoms with van der Waals surface area (Å²) < 4.78 is 49.2. The minimum absolute atomic E-state index is 0.0473. The van der Waals surface area contributed by atoms with E-state index in [-0.39, 0.29) is 71.7 Å². The van der Waals surface area contributed by atoms with Crippen molar-refractivity contribution in [2.24, 2.45) is 28.4 Å². The average molecular weight is 1350 g/mol. The molecule has 23 nitrogen and oxygen atoms in total. The second-order valence-corrected chi connectivity index (χ2v) is 22.3. The van der Waals surface area contributed by atoms with E-state index >= 15 is 0 Å². The quantitative estimate of drug-likeness (QED) is 0.0326. The van der Waals surface area contributed by atoms with Crippen LogP contribution >= 0.6 is 0 Å². The Morgan fingerprint density at radius 2 is 1.04 bits per heavy atom. The molecule has 542 valence electrons. The number of carbonyl (C=O) groups is 9. The monoisotopic (exact) mass is 1350 g/mol. The average Bonchev–Trinajstić information content (AvgIpc) is 1.22. The third kappa shape index (κ3) is 57.3. The van der Waals surface area contributed by atoms with E-state index in [0.717, 1.165) is 51.6 Å². The number of aliphatic hydroxyl groups excluding tert-OH is 1. The molecule has 0 aromatic heterocycles. The van der Waals surface area contributed by atoms with Gasteiger partial charge in [-0.2, -0.15) is 0 Å². The van der Waals surface area contributed by atoms with Gasteiger partial charge in [-0.1, -0.05) is 144 Å². The van der Waals surface area contributed by atoms with Gasteiger partial charge >= 0.3 is 35.8 Å². The van der Waals surface area contributed by atoms with Gasteiger partial charge in [0.2, 0.25) is 11.8 Å². The van der Waals surface area contributed by atoms with E-state index < -0.39 is 11.9 Å². The molecule has 0 saturated carbocycles. The Balaban J connectivity index is -0.000000323. The van der Waals surface area contributed by atoms with E-state index in [4.69, 9.17) is 47.7 Å². The fourth-order valence-electron chi connectivity index (χ4n) is 6.07. The number of nitrogens with zero attached hydrogens (tertiary/aromatic N) is 2. The summed E-state index contributed by atoms with van der Waals surface area (Å²) in [7, 11) is 3.37. The molecule has 4 heterocycles. The van der Waals surface area contributed by atoms with E-state index in [1.54, 1.807) is 41.8 Å². The number of hydrogen-bond donors (Lipinski definition) is 2. The van der Waals surface area contributed by atoms with Gasteiger partial charge in [-0.15, -0.1) is 0 Å². The highest BCUT2D eigenvalue weighted by molar-refractivity contribution is 5.90. The standard InChI is InChI=1S/C10H16O3.C9H17NO2.2C9H14O3.C8H8.C7H10O3.C7H12O.C6H10O3.C5H9NO.C3H5NO/c1-4-10(5-12-6-10)7-13-9(11)8(2)3;1-4-9(11)12-8-7-10(5-2)6-3;1-7(2)9(10)12-6-8-3-4-11-5-8;1-3-8(10)12-7-9(4-2)5-11-6-9;1-2-8-6-4-3-5-7-8;1-5(2)7(8)10-4-6-3-9-6;1-4-7(8)5-6(2)3;1-5(2)6(8)9-4-3-7;1-4-5(7)6(2)3;1-2-3(4)5/h2,4-7H2,1,3H3;4H,1,5-8H2,2-3H3;8H,1,3-6H2,2H3;3H,1,4-7H2,2H3;2-7H,1H2;6H,1,3-4H2,2H3;4,6H,1,5H2,2-3H3;7H,1,3-4H2,2H3;4H,1H2,2-3H3;2H,1H2,(H2,4,5). The van der Waals surface area contributed by atoms with Crippen LogP contribution in [0.2, 0.25) is 0 Å². The largest absolute Gasteiger partial charge is 0.462 e. The lowest BCUT2D eigenvalue weighted by atomic mass is 9.84. The summed E-state index contributed by atoms with van der Waals surface area (Å²) in [5.41, 5.74) is 7.55. The molecule has 1 aromatic carbocycles. The Hall–Kier alpha value is -8.19. The van der Waals surface area contributed by atoms with E-state index in [0.29, 0.717) is 113 Å². The Labute approximate surface area is 572 Å². The molecular formula is C73H115N3O20. The minimum Gasteiger partial charge on any atom is -0.462 e. The zero-order chi connectivity index (χ0) is 74.7. The summed E-state index contributed by atoms with van der Waals surface area (Å²) >= 11 is 0. The Morgan fingerprint density at radius 1 is 0.604 bits per heavy atom. The third-order valence-corrected chi connectivity index (χ3v) is 12.7. The Morgan fingerprint density at radius 3 is 1.33 bits per heavy atom. The fourth-order valence-corrected chi connectivity index (χ4v) is 6.07. The zero-order valence-corrected chi connectivity index (χ0v) is 59.7. The number of nitrogens with two attached hydrogens (primary N) is 1. The summed E-state index contributed by atoms with van der Waals surface area (Å²) in [6.07, 6.45) is 11.6. The number of amides is 2. The van der Waals surface area contributed by atoms with Gasteiger partial charge in [-0.3, -0.25) is 14.4 Å². The van der Waals surface area contributed by atoms with Crippen LogP contribution in [0.4, 0.5) is 0 Å². The van der Waals surface area contributed by atoms with Crippen LogP contribution in [0.3, 0.4) is 0 Å². The first-order valence-electron chi connectivity index (χ1n) is 31.3. The van der Waals surface area contributed by atoms with Crippen LogP contribution in [0.25, 0.3) is 6.08 Å². The van der Waals surface area contributed by atoms with E-state index in [1.165, 1.54) is 34.8 Å². The maximum Gasteiger partial charge on any atom is 0.333 e. The second-order valence-electron chi connectivity index (χ2n) is 22.3. The first kappa shape index (κ1) is 96.5. The van der Waals surface area contributed by atoms with Crippen LogP contribution in [0.1, 0.15) is 100 Å². The predicted molar refractivity (Wildman–Crippen MR) is 376 cm³/mol. The molecular weight excluding hydrogens is 1240 g/mol. The lowest BCUT2D eigenvalue weighted by molar-refractivity contribution is -0.167. The van der Waals surface area contributed by atoms with Crippen molar-refractivity contribution in [1.82, 2.24) is 9.80 Å². The number of carbonyl (C=O) groups excluding carboxylic acids is 9. The van der Waals surface area contributed by atoms with Crippen LogP contribution in [0.15, 0.2) is 149 Å². The van der Waals surface area contributed by atoms with Crippen LogP contribution in [0.5, 0.6) is 0 Å². The first-order valence-corrected chi connectivity index (χ1v) is 31.3. The number of aliphatic hydroxyl groups is 1. The smallest absolute Gasteiger partial charge is 0.333 e. The lowest BCUT2D eigenvalue weighted by Gasteiger charge is -2.39. The maximum absolute atomic E-state index is 11.1. The highest BCUT2D eigenvalue weighted by Crippen LogP contribution is 2.32. The topological polar surface area (TPSA) is 302 Å². The van der Waals surface area contributed by atoms with Crippen molar-refractivity contribution in [3.05, 3.63) is 154 Å². The van der Waals surface area contributed by atoms with Crippen molar-refractivity contribution < 1.29 is 95.6 Å². The molecule has 0 radical (unpaired) electrons. The Kier molecular flexibility index (Phi) is 60.8. The highest BCUT2D eigenvalue weighted by Gasteiger charge is 2.39. The summed E-state index contributed by atoms with van der Waals surface area (Å²) in [6.45, 7) is 62.5. The molecule has 2 amide bonds. The molecule has 4 fully saturated rings. The molecule has 1 aromatic rings. The number of allylic oxidation sites excluding steroid dienone is 1. The lowest BCUT2D eigenvalue weighted by Crippen LogP contribution is -2.46. The molecule has 4 aliphatic heterocycles. The van der Waals surface area contributed by atoms with Crippen LogP contribution in [0, 0.1) is 22.7 Å². The normalized spacial score (nSPS) is 14.5. The molecule has 0 aliphatic carbocycles. The first-order chi connectivity index (χ1) is 45.2. The number of benzene rings is 1. The number of hydrogen-bond acceptors (Lipinski definition) is 21. The number of primary amides is 1. The van der Waals surface area contributed by atoms with Gasteiger partial charge in [0.25, 0.3) is 0 Å². The molecule has 96 heavy (non-hydrogen) atoms. The number of epoxide rings is 1. The van der Waals surface area contributed by atoms with Gasteiger partial charge in [0.15, 0.2) is 5.78 Å². The van der Waals surface area contributed by atoms with Crippen LogP contribution in [-0.4, -0.2) is 201 Å². The number of ether oxygens (including phenoxy) is 10. The second kappa shape index (κ2) is 60.5. The van der Waals surface area contributed by atoms with E-state index in [2.05, 4.69) is 109 Å². The Bertz CT molecular complexity index is 2520. The fraction of sp³-hybridized carbons (Fsp3) is 0.521. The van der Waals surface area contributed by atoms with Crippen molar-refractivity contribution in [1.29, 1.82) is 0 Å². The molecule has 4 aliphatic rings. The van der Waals surface area contributed by atoms with Crippen molar-refractivity contribution in [2.45, 2.75) is 101 Å². The third-order valence-electron chi connectivity index (χ3n) is 12.7. The summed E-state index contributed by atoms with van der Waals surface area (Å²) in [6, 6.07) is 10.0. The summed E-state index contributed by atoms with van der Waals surface area (Å²) in [4.78, 5) is 98.5. The van der Waals surface area contributed by atoms with Gasteiger partial charge in [-0.05, 0) is 89.8 Å². The number of ketones is 1. The maximum atomic E-state index is 11.1. The van der Waals surface area contributed by atoms with Crippen molar-refractivity contribution in [3.63, 3.8) is 0 Å². The van der Waals surface area contributed by atoms with Crippen molar-refractivity contribution in [2.75, 3.05) is 126 Å². The number of rotatable bonds is 29. The molecule has 3 N–H and O–H groups in total. The molecule has 4 saturated heterocycles. The molecule has 0 bridgehead atoms. The minimum atomic E-state index is -0.481. The van der Waals surface area contributed by atoms with E-state index in [1.807, 2.05) is 50.3 Å². The number of likely N-dealkylation sites (N-methyl/N-ethyl adjacent to an activating group) is 2. The van der Waals surface area contributed by atoms with Gasteiger partial charge in [-0.25, -0.2) is 28.8 Å². The zero-order valence-electron chi connectivity index (χ0n) is 59.7. The van der Waals surface area contributed by atoms with Gasteiger partial charge in [0.05, 0.1) is 63.7 Å². The van der Waals surface area contributed by atoms with Gasteiger partial charge < -0.3 is 68.0 Å². The van der Waals surface area contributed by atoms with Gasteiger partial charge in [0, 0.05) is 74.0 Å². The SMILES string of the molecule is C=C(C)C(=O)OCC1(CC)COC1.C=C(C)C(=O)OCC1CCOC1.C=C(C)C(=O)OCC1CO1.C=C(C)C(=O)OCCO.C=CC(=O)CC(C)C.C=CC(=O)N(C)C.C=CC(=O)OCC1(CC)COC1.C=CC(=O)OCCN(CC)CC.C=CC(N)=O.C=Cc1ccccc1. The molecule has 2 atom stereocenters. The number of esters is 6. The predicted octanol–water partition coefficient (Wildman–Crippen LogP) is 9.51. The molecule has 0 spiro atoms. The van der Waals surface area contributed by atoms with Crippen molar-refractivity contribution >= 4 is 59.5 Å². The van der Waals surface area contributed by atoms with Gasteiger partial charge in [0.1, 0.15) is 39.1 Å². The highest BCUT2D eigenvalue weighted by atomic mass is 16.6. The van der Waals surface area contributed by atoms with Crippen molar-refractivity contribution in [3.8, 4) is 0 Å². The summed E-state index contributed by atoms with van der Waals surface area (Å²) in [5, 5.41) is 8.19. The van der Waals surface area contributed by atoms with Crippen LogP contribution < -0.4 is 5.73 Å². The molecule has 23 heteroatoms. The molecule has 2 unspecified atom stereocenters. The van der Waals surface area contributed by atoms with E-state index in [9.17, 15) is 43.2 Å². The molecule has 5 rings (SSSR count).